The van der Waals surface area contributed by atoms with Gasteiger partial charge < -0.3 is 10.3 Å². The average molecular weight is 347 g/mol. The second kappa shape index (κ2) is 5.33. The van der Waals surface area contributed by atoms with Gasteiger partial charge in [0.05, 0.1) is 5.69 Å². The normalized spacial score (nSPS) is 10.8. The van der Waals surface area contributed by atoms with Crippen LogP contribution < -0.4 is 5.32 Å². The Hall–Kier alpha value is -2.14. The molecule has 2 N–H and O–H groups in total. The van der Waals surface area contributed by atoms with Gasteiger partial charge in [0.1, 0.15) is 11.5 Å². The van der Waals surface area contributed by atoms with Crippen LogP contribution in [0.2, 0.25) is 0 Å². The molecule has 2 aromatic carbocycles. The lowest BCUT2D eigenvalue weighted by Gasteiger charge is -2.06. The predicted octanol–water partition coefficient (Wildman–Crippen LogP) is 4.63. The van der Waals surface area contributed by atoms with Gasteiger partial charge in [-0.3, -0.25) is 4.79 Å². The minimum atomic E-state index is -0.324. The van der Waals surface area contributed by atoms with Crippen LogP contribution in [0, 0.1) is 12.7 Å². The van der Waals surface area contributed by atoms with Gasteiger partial charge in [-0.2, -0.15) is 0 Å². The Labute approximate surface area is 129 Å². The maximum atomic E-state index is 13.2. The summed E-state index contributed by atoms with van der Waals surface area (Å²) in [6, 6.07) is 11.7. The van der Waals surface area contributed by atoms with Crippen molar-refractivity contribution in [3.63, 3.8) is 0 Å². The Balaban J connectivity index is 1.89. The summed E-state index contributed by atoms with van der Waals surface area (Å²) in [5.41, 5.74) is 2.91. The largest absolute Gasteiger partial charge is 0.351 e. The van der Waals surface area contributed by atoms with Crippen molar-refractivity contribution in [2.75, 3.05) is 5.32 Å². The van der Waals surface area contributed by atoms with E-state index in [9.17, 15) is 9.18 Å². The lowest BCUT2D eigenvalue weighted by atomic mass is 10.2. The van der Waals surface area contributed by atoms with E-state index in [4.69, 9.17) is 0 Å². The van der Waals surface area contributed by atoms with Crippen molar-refractivity contribution in [2.45, 2.75) is 6.92 Å². The number of fused-ring (bicyclic) bond motifs is 1. The van der Waals surface area contributed by atoms with Gasteiger partial charge >= 0.3 is 0 Å². The molecule has 1 amide bonds. The summed E-state index contributed by atoms with van der Waals surface area (Å²) in [5.74, 6) is -0.592. The Morgan fingerprint density at radius 2 is 2.00 bits per heavy atom. The number of hydrogen-bond acceptors (Lipinski definition) is 1. The first-order valence-electron chi connectivity index (χ1n) is 6.39. The molecule has 0 bridgehead atoms. The van der Waals surface area contributed by atoms with Gasteiger partial charge in [-0.15, -0.1) is 0 Å². The first kappa shape index (κ1) is 13.8. The summed E-state index contributed by atoms with van der Waals surface area (Å²) in [6.45, 7) is 1.97. The molecule has 1 heterocycles. The monoisotopic (exact) mass is 346 g/mol. The van der Waals surface area contributed by atoms with Gasteiger partial charge in [0.2, 0.25) is 0 Å². The number of halogens is 2. The van der Waals surface area contributed by atoms with E-state index in [1.165, 1.54) is 12.1 Å². The van der Waals surface area contributed by atoms with Gasteiger partial charge in [-0.05, 0) is 64.8 Å². The van der Waals surface area contributed by atoms with Gasteiger partial charge in [0.25, 0.3) is 5.91 Å². The van der Waals surface area contributed by atoms with Crippen LogP contribution in [0.15, 0.2) is 46.9 Å². The van der Waals surface area contributed by atoms with Gasteiger partial charge in [-0.1, -0.05) is 6.07 Å². The van der Waals surface area contributed by atoms with E-state index >= 15 is 0 Å². The number of carbonyl (C=O) groups is 1. The zero-order valence-corrected chi connectivity index (χ0v) is 12.8. The second-order valence-electron chi connectivity index (χ2n) is 4.85. The van der Waals surface area contributed by atoms with Crippen LogP contribution in [0.5, 0.6) is 0 Å². The fourth-order valence-electron chi connectivity index (χ4n) is 2.14. The van der Waals surface area contributed by atoms with Gasteiger partial charge in [0.15, 0.2) is 0 Å². The number of H-pyrrole nitrogens is 1. The van der Waals surface area contributed by atoms with Crippen molar-refractivity contribution in [3.05, 3.63) is 64.0 Å². The molecule has 3 rings (SSSR count). The Bertz CT molecular complexity index is 841. The molecule has 5 heteroatoms. The third-order valence-corrected chi connectivity index (χ3v) is 3.86. The highest BCUT2D eigenvalue weighted by molar-refractivity contribution is 9.10. The molecule has 0 saturated carbocycles. The summed E-state index contributed by atoms with van der Waals surface area (Å²) in [7, 11) is 0. The molecule has 0 radical (unpaired) electrons. The van der Waals surface area contributed by atoms with Crippen LogP contribution in [0.1, 0.15) is 16.1 Å². The van der Waals surface area contributed by atoms with Crippen LogP contribution in [0.4, 0.5) is 10.1 Å². The van der Waals surface area contributed by atoms with Crippen molar-refractivity contribution in [1.82, 2.24) is 4.98 Å². The van der Waals surface area contributed by atoms with E-state index in [-0.39, 0.29) is 11.7 Å². The standard InChI is InChI=1S/C16H12BrFN2O/c1-9-2-4-14(12(17)6-9)20-16(21)15-8-10-7-11(18)3-5-13(10)19-15/h2-8,19H,1H3,(H,20,21). The number of amides is 1. The number of aromatic amines is 1. The Kier molecular flexibility index (Phi) is 3.51. The molecule has 0 spiro atoms. The first-order valence-corrected chi connectivity index (χ1v) is 7.18. The Morgan fingerprint density at radius 1 is 1.19 bits per heavy atom. The molecule has 0 aliphatic rings. The summed E-state index contributed by atoms with van der Waals surface area (Å²) in [6.07, 6.45) is 0. The second-order valence-corrected chi connectivity index (χ2v) is 5.71. The third kappa shape index (κ3) is 2.83. The number of hydrogen-bond donors (Lipinski definition) is 2. The zero-order valence-electron chi connectivity index (χ0n) is 11.2. The van der Waals surface area contributed by atoms with Crippen LogP contribution >= 0.6 is 15.9 Å². The summed E-state index contributed by atoms with van der Waals surface area (Å²) in [4.78, 5) is 15.2. The maximum Gasteiger partial charge on any atom is 0.272 e. The van der Waals surface area contributed by atoms with Crippen molar-refractivity contribution in [3.8, 4) is 0 Å². The average Bonchev–Trinajstić information content (AvgIpc) is 2.85. The van der Waals surface area contributed by atoms with E-state index in [0.29, 0.717) is 16.8 Å². The minimum absolute atomic E-state index is 0.267. The molecular weight excluding hydrogens is 335 g/mol. The molecule has 21 heavy (non-hydrogen) atoms. The summed E-state index contributed by atoms with van der Waals surface area (Å²) < 4.78 is 14.0. The molecule has 3 nitrogen and oxygen atoms in total. The number of nitrogens with one attached hydrogen (secondary N) is 2. The summed E-state index contributed by atoms with van der Waals surface area (Å²) >= 11 is 3.42. The quantitative estimate of drug-likeness (QED) is 0.698. The molecule has 3 aromatic rings. The number of aryl methyl sites for hydroxylation is 1. The van der Waals surface area contributed by atoms with Gasteiger partial charge in [0, 0.05) is 15.4 Å². The van der Waals surface area contributed by atoms with Crippen molar-refractivity contribution < 1.29 is 9.18 Å². The molecule has 0 aliphatic carbocycles. The zero-order chi connectivity index (χ0) is 15.0. The van der Waals surface area contributed by atoms with Gasteiger partial charge in [-0.25, -0.2) is 4.39 Å². The highest BCUT2D eigenvalue weighted by Crippen LogP contribution is 2.24. The fraction of sp³-hybridized carbons (Fsp3) is 0.0625. The highest BCUT2D eigenvalue weighted by Gasteiger charge is 2.11. The number of benzene rings is 2. The van der Waals surface area contributed by atoms with E-state index in [2.05, 4.69) is 26.2 Å². The summed E-state index contributed by atoms with van der Waals surface area (Å²) in [5, 5.41) is 3.49. The van der Waals surface area contributed by atoms with E-state index in [0.717, 1.165) is 15.6 Å². The SMILES string of the molecule is Cc1ccc(NC(=O)c2cc3cc(F)ccc3[nH]2)c(Br)c1. The molecule has 0 saturated heterocycles. The first-order chi connectivity index (χ1) is 10.0. The van der Waals surface area contributed by atoms with Crippen molar-refractivity contribution >= 4 is 38.4 Å². The topological polar surface area (TPSA) is 44.9 Å². The molecule has 0 atom stereocenters. The maximum absolute atomic E-state index is 13.2. The lowest BCUT2D eigenvalue weighted by molar-refractivity contribution is 0.102. The number of rotatable bonds is 2. The molecular formula is C16H12BrFN2O. The number of anilines is 1. The Morgan fingerprint density at radius 3 is 2.76 bits per heavy atom. The number of carbonyl (C=O) groups excluding carboxylic acids is 1. The predicted molar refractivity (Wildman–Crippen MR) is 85.1 cm³/mol. The molecule has 106 valence electrons. The van der Waals surface area contributed by atoms with Crippen LogP contribution in [0.3, 0.4) is 0 Å². The molecule has 1 aromatic heterocycles. The minimum Gasteiger partial charge on any atom is -0.351 e. The number of aromatic nitrogens is 1. The molecule has 0 unspecified atom stereocenters. The lowest BCUT2D eigenvalue weighted by Crippen LogP contribution is -2.12. The third-order valence-electron chi connectivity index (χ3n) is 3.20. The highest BCUT2D eigenvalue weighted by atomic mass is 79.9. The van der Waals surface area contributed by atoms with Crippen molar-refractivity contribution in [1.29, 1.82) is 0 Å². The molecule has 0 fully saturated rings. The smallest absolute Gasteiger partial charge is 0.272 e. The van der Waals surface area contributed by atoms with E-state index < -0.39 is 0 Å². The van der Waals surface area contributed by atoms with E-state index in [1.54, 1.807) is 12.1 Å². The van der Waals surface area contributed by atoms with E-state index in [1.807, 2.05) is 25.1 Å². The van der Waals surface area contributed by atoms with Crippen molar-refractivity contribution in [2.24, 2.45) is 0 Å². The van der Waals surface area contributed by atoms with Crippen LogP contribution in [-0.2, 0) is 0 Å². The molecule has 0 aliphatic heterocycles. The van der Waals surface area contributed by atoms with Crippen LogP contribution in [-0.4, -0.2) is 10.9 Å². The van der Waals surface area contributed by atoms with Crippen LogP contribution in [0.25, 0.3) is 10.9 Å². The fourth-order valence-corrected chi connectivity index (χ4v) is 2.73.